The van der Waals surface area contributed by atoms with Crippen LogP contribution in [0.25, 0.3) is 11.1 Å². The molecule has 0 aromatic heterocycles. The third-order valence-electron chi connectivity index (χ3n) is 4.27. The summed E-state index contributed by atoms with van der Waals surface area (Å²) in [5.74, 6) is -0.642. The molecule has 0 fully saturated rings. The molecule has 0 bridgehead atoms. The van der Waals surface area contributed by atoms with Crippen molar-refractivity contribution in [3.05, 3.63) is 83.5 Å². The Morgan fingerprint density at radius 3 is 2.28 bits per heavy atom. The van der Waals surface area contributed by atoms with E-state index >= 15 is 0 Å². The molecule has 0 unspecified atom stereocenters. The predicted octanol–water partition coefficient (Wildman–Crippen LogP) is 4.20. The molecule has 2 aromatic carbocycles. The summed E-state index contributed by atoms with van der Waals surface area (Å²) in [6.07, 6.45) is 5.25. The van der Waals surface area contributed by atoms with E-state index in [1.165, 1.54) is 6.07 Å². The van der Waals surface area contributed by atoms with E-state index in [-0.39, 0.29) is 29.6 Å². The second kappa shape index (κ2) is 11.6. The zero-order chi connectivity index (χ0) is 23.7. The second-order valence-electron chi connectivity index (χ2n) is 6.75. The number of halogens is 1. The topological polar surface area (TPSA) is 118 Å². The van der Waals surface area contributed by atoms with Gasteiger partial charge in [0, 0.05) is 34.3 Å². The highest BCUT2D eigenvalue weighted by Gasteiger charge is 2.14. The molecule has 9 heteroatoms. The molecule has 0 saturated heterocycles. The normalized spacial score (nSPS) is 11.9. The van der Waals surface area contributed by atoms with Crippen LogP contribution in [0, 0.1) is 0 Å². The summed E-state index contributed by atoms with van der Waals surface area (Å²) in [4.78, 5) is 24.2. The highest BCUT2D eigenvalue weighted by molar-refractivity contribution is 9.11. The van der Waals surface area contributed by atoms with Crippen molar-refractivity contribution in [3.8, 4) is 11.1 Å². The van der Waals surface area contributed by atoms with Crippen molar-refractivity contribution in [3.63, 3.8) is 0 Å². The molecular formula is C23H24BrN3O4S. The summed E-state index contributed by atoms with van der Waals surface area (Å²) >= 11 is 3.32. The number of carbonyl (C=O) groups excluding carboxylic acids is 2. The van der Waals surface area contributed by atoms with Crippen LogP contribution in [0.4, 0.5) is 5.69 Å². The number of anilines is 1. The number of carbonyl (C=O) groups is 2. The molecule has 0 aliphatic rings. The van der Waals surface area contributed by atoms with E-state index in [1.54, 1.807) is 54.6 Å². The lowest BCUT2D eigenvalue weighted by atomic mass is 10.1. The van der Waals surface area contributed by atoms with Crippen LogP contribution in [0.3, 0.4) is 0 Å². The van der Waals surface area contributed by atoms with Crippen LogP contribution in [0.2, 0.25) is 0 Å². The monoisotopic (exact) mass is 517 g/mol. The van der Waals surface area contributed by atoms with E-state index in [9.17, 15) is 18.0 Å². The van der Waals surface area contributed by atoms with E-state index in [2.05, 4.69) is 33.1 Å². The Hall–Kier alpha value is -3.01. The van der Waals surface area contributed by atoms with Gasteiger partial charge in [-0.1, -0.05) is 58.9 Å². The van der Waals surface area contributed by atoms with Crippen molar-refractivity contribution in [2.24, 2.45) is 5.14 Å². The molecule has 168 valence electrons. The number of primary sulfonamides is 1. The van der Waals surface area contributed by atoms with Crippen molar-refractivity contribution in [2.45, 2.75) is 24.7 Å². The van der Waals surface area contributed by atoms with Crippen LogP contribution in [0.15, 0.2) is 88.4 Å². The van der Waals surface area contributed by atoms with Gasteiger partial charge in [0.15, 0.2) is 0 Å². The standard InChI is InChI=1S/C23H24BrN3O4S/c1-3-18(24)11-8-16(2)26-22(28)14-15-23(29)27-19-12-9-17(10-13-19)20-6-4-5-7-21(20)32(25,30)31/h3-13H,2,14-15H2,1H3,(H,26,28)(H,27,29)(H2,25,30,31)/b11-8-,18-3+. The Labute approximate surface area is 196 Å². The molecule has 0 atom stereocenters. The van der Waals surface area contributed by atoms with Gasteiger partial charge in [-0.05, 0) is 42.8 Å². The lowest BCUT2D eigenvalue weighted by Crippen LogP contribution is -2.23. The molecule has 0 aliphatic carbocycles. The molecule has 2 aromatic rings. The molecule has 2 rings (SSSR count). The minimum absolute atomic E-state index is 0.00259. The van der Waals surface area contributed by atoms with Crippen LogP contribution in [0.1, 0.15) is 19.8 Å². The fourth-order valence-corrected chi connectivity index (χ4v) is 3.59. The van der Waals surface area contributed by atoms with E-state index in [1.807, 2.05) is 13.0 Å². The van der Waals surface area contributed by atoms with Crippen molar-refractivity contribution >= 4 is 43.5 Å². The number of benzene rings is 2. The molecular weight excluding hydrogens is 494 g/mol. The first kappa shape index (κ1) is 25.3. The molecule has 32 heavy (non-hydrogen) atoms. The van der Waals surface area contributed by atoms with Crippen molar-refractivity contribution in [1.82, 2.24) is 5.32 Å². The van der Waals surface area contributed by atoms with Gasteiger partial charge in [-0.15, -0.1) is 0 Å². The molecule has 0 radical (unpaired) electrons. The maximum absolute atomic E-state index is 12.2. The molecule has 4 N–H and O–H groups in total. The van der Waals surface area contributed by atoms with Crippen molar-refractivity contribution < 1.29 is 18.0 Å². The van der Waals surface area contributed by atoms with Gasteiger partial charge >= 0.3 is 0 Å². The number of nitrogens with two attached hydrogens (primary N) is 1. The summed E-state index contributed by atoms with van der Waals surface area (Å²) < 4.78 is 24.4. The van der Waals surface area contributed by atoms with Gasteiger partial charge in [-0.3, -0.25) is 9.59 Å². The minimum Gasteiger partial charge on any atom is -0.327 e. The molecule has 0 saturated carbocycles. The average Bonchev–Trinajstić information content (AvgIpc) is 2.76. The average molecular weight is 518 g/mol. The first-order valence-corrected chi connectivity index (χ1v) is 11.9. The summed E-state index contributed by atoms with van der Waals surface area (Å²) in [5, 5.41) is 10.6. The molecule has 2 amide bonds. The number of nitrogens with one attached hydrogen (secondary N) is 2. The fraction of sp³-hybridized carbons (Fsp3) is 0.130. The maximum atomic E-state index is 12.2. The van der Waals surface area contributed by atoms with E-state index in [4.69, 9.17) is 5.14 Å². The van der Waals surface area contributed by atoms with Crippen molar-refractivity contribution in [2.75, 3.05) is 5.32 Å². The van der Waals surface area contributed by atoms with Crippen LogP contribution >= 0.6 is 15.9 Å². The SMILES string of the molecule is C=C(/C=C\C(Br)=C/C)NC(=O)CCC(=O)Nc1ccc(-c2ccccc2S(N)(=O)=O)cc1. The van der Waals surface area contributed by atoms with E-state index < -0.39 is 10.0 Å². The van der Waals surface area contributed by atoms with Crippen LogP contribution in [0.5, 0.6) is 0 Å². The molecule has 0 aliphatic heterocycles. The number of hydrogen-bond donors (Lipinski definition) is 3. The smallest absolute Gasteiger partial charge is 0.238 e. The van der Waals surface area contributed by atoms with Gasteiger partial charge in [0.1, 0.15) is 0 Å². The Bertz CT molecular complexity index is 1170. The van der Waals surface area contributed by atoms with Crippen LogP contribution in [-0.2, 0) is 19.6 Å². The van der Waals surface area contributed by atoms with Gasteiger partial charge in [-0.25, -0.2) is 13.6 Å². The third-order valence-corrected chi connectivity index (χ3v) is 5.96. The number of rotatable bonds is 9. The van der Waals surface area contributed by atoms with Gasteiger partial charge in [0.25, 0.3) is 0 Å². The lowest BCUT2D eigenvalue weighted by molar-refractivity contribution is -0.123. The molecule has 0 heterocycles. The summed E-state index contributed by atoms with van der Waals surface area (Å²) in [6.45, 7) is 5.60. The Balaban J connectivity index is 1.92. The Morgan fingerprint density at radius 2 is 1.66 bits per heavy atom. The fourth-order valence-electron chi connectivity index (χ4n) is 2.70. The highest BCUT2D eigenvalue weighted by Crippen LogP contribution is 2.27. The van der Waals surface area contributed by atoms with Crippen molar-refractivity contribution in [1.29, 1.82) is 0 Å². The summed E-state index contributed by atoms with van der Waals surface area (Å²) in [5.41, 5.74) is 2.06. The Kier molecular flexibility index (Phi) is 9.13. The van der Waals surface area contributed by atoms with Gasteiger partial charge < -0.3 is 10.6 Å². The zero-order valence-corrected chi connectivity index (χ0v) is 19.9. The predicted molar refractivity (Wildman–Crippen MR) is 130 cm³/mol. The minimum atomic E-state index is -3.87. The highest BCUT2D eigenvalue weighted by atomic mass is 79.9. The van der Waals surface area contributed by atoms with Crippen LogP contribution < -0.4 is 15.8 Å². The molecule has 0 spiro atoms. The number of sulfonamides is 1. The van der Waals surface area contributed by atoms with E-state index in [0.29, 0.717) is 22.5 Å². The first-order chi connectivity index (χ1) is 15.1. The zero-order valence-electron chi connectivity index (χ0n) is 17.5. The maximum Gasteiger partial charge on any atom is 0.238 e. The number of allylic oxidation sites excluding steroid dienone is 4. The first-order valence-electron chi connectivity index (χ1n) is 9.61. The van der Waals surface area contributed by atoms with Gasteiger partial charge in [0.05, 0.1) is 4.90 Å². The van der Waals surface area contributed by atoms with Gasteiger partial charge in [0.2, 0.25) is 21.8 Å². The third kappa shape index (κ3) is 7.92. The van der Waals surface area contributed by atoms with Crippen LogP contribution in [-0.4, -0.2) is 20.2 Å². The van der Waals surface area contributed by atoms with Gasteiger partial charge in [-0.2, -0.15) is 0 Å². The summed E-state index contributed by atoms with van der Waals surface area (Å²) in [6, 6.07) is 13.1. The second-order valence-corrected chi connectivity index (χ2v) is 9.19. The Morgan fingerprint density at radius 1 is 1.03 bits per heavy atom. The largest absolute Gasteiger partial charge is 0.327 e. The van der Waals surface area contributed by atoms with E-state index in [0.717, 1.165) is 4.48 Å². The number of amides is 2. The molecule has 7 nitrogen and oxygen atoms in total. The summed E-state index contributed by atoms with van der Waals surface area (Å²) in [7, 11) is -3.87. The quantitative estimate of drug-likeness (QED) is 0.431. The lowest BCUT2D eigenvalue weighted by Gasteiger charge is -2.10. The number of hydrogen-bond acceptors (Lipinski definition) is 4.